The number of hydrogen-bond acceptors (Lipinski definition) is 2. The van der Waals surface area contributed by atoms with E-state index in [2.05, 4.69) is 98.2 Å². The lowest BCUT2D eigenvalue weighted by Gasteiger charge is -2.33. The summed E-state index contributed by atoms with van der Waals surface area (Å²) in [6, 6.07) is 10.6. The van der Waals surface area contributed by atoms with Gasteiger partial charge in [0.05, 0.1) is 0 Å². The molecule has 30 heavy (non-hydrogen) atoms. The second-order valence-electron chi connectivity index (χ2n) is 8.87. The third-order valence-corrected chi connectivity index (χ3v) is 5.76. The predicted octanol–water partition coefficient (Wildman–Crippen LogP) is 6.74. The quantitative estimate of drug-likeness (QED) is 0.376. The molecule has 2 rings (SSSR count). The molecule has 2 heteroatoms. The molecule has 164 valence electrons. The smallest absolute Gasteiger partial charge is 0.0167 e. The average molecular weight is 407 g/mol. The molecule has 1 heterocycles. The molecule has 0 amide bonds. The van der Waals surface area contributed by atoms with Crippen molar-refractivity contribution in [2.75, 3.05) is 39.3 Å². The molecule has 1 saturated heterocycles. The minimum absolute atomic E-state index is 1.05. The molecule has 2 nitrogen and oxygen atoms in total. The van der Waals surface area contributed by atoms with Crippen LogP contribution in [0.4, 0.5) is 0 Å². The maximum atomic E-state index is 2.58. The summed E-state index contributed by atoms with van der Waals surface area (Å²) in [7, 11) is 0. The topological polar surface area (TPSA) is 6.48 Å². The van der Waals surface area contributed by atoms with Crippen LogP contribution >= 0.6 is 0 Å². The fraction of sp³-hybridized carbons (Fsp3) is 0.500. The van der Waals surface area contributed by atoms with Crippen LogP contribution in [-0.4, -0.2) is 49.1 Å². The van der Waals surface area contributed by atoms with Gasteiger partial charge in [-0.3, -0.25) is 9.80 Å². The van der Waals surface area contributed by atoms with Gasteiger partial charge in [0.2, 0.25) is 0 Å². The van der Waals surface area contributed by atoms with Crippen LogP contribution in [0.2, 0.25) is 0 Å². The van der Waals surface area contributed by atoms with Crippen molar-refractivity contribution in [3.8, 4) is 0 Å². The molecule has 0 saturated carbocycles. The largest absolute Gasteiger partial charge is 0.297 e. The van der Waals surface area contributed by atoms with Crippen molar-refractivity contribution in [2.45, 2.75) is 53.4 Å². The van der Waals surface area contributed by atoms with E-state index in [1.54, 1.807) is 0 Å². The normalized spacial score (nSPS) is 16.9. The molecule has 1 fully saturated rings. The maximum Gasteiger partial charge on any atom is 0.0167 e. The number of benzene rings is 1. The molecule has 1 aliphatic heterocycles. The Morgan fingerprint density at radius 3 is 1.93 bits per heavy atom. The van der Waals surface area contributed by atoms with Gasteiger partial charge in [0.1, 0.15) is 0 Å². The number of nitrogens with zero attached hydrogens (tertiary/aromatic N) is 2. The van der Waals surface area contributed by atoms with Gasteiger partial charge in [0.15, 0.2) is 0 Å². The molecule has 0 spiro atoms. The zero-order chi connectivity index (χ0) is 21.6. The lowest BCUT2D eigenvalue weighted by molar-refractivity contribution is 0.153. The van der Waals surface area contributed by atoms with E-state index in [1.165, 1.54) is 74.1 Å². The fourth-order valence-electron chi connectivity index (χ4n) is 3.68. The second kappa shape index (κ2) is 14.2. The molecule has 0 bridgehead atoms. The summed E-state index contributed by atoms with van der Waals surface area (Å²) >= 11 is 0. The zero-order valence-corrected chi connectivity index (χ0v) is 19.7. The first-order valence-electron chi connectivity index (χ1n) is 11.6. The molecule has 0 unspecified atom stereocenters. The summed E-state index contributed by atoms with van der Waals surface area (Å²) in [5.74, 6) is 0. The van der Waals surface area contributed by atoms with Crippen molar-refractivity contribution >= 4 is 6.08 Å². The van der Waals surface area contributed by atoms with E-state index in [9.17, 15) is 0 Å². The van der Waals surface area contributed by atoms with Crippen LogP contribution in [0.5, 0.6) is 0 Å². The third-order valence-electron chi connectivity index (χ3n) is 5.76. The molecule has 1 aromatic carbocycles. The van der Waals surface area contributed by atoms with Crippen LogP contribution in [0.3, 0.4) is 0 Å². The van der Waals surface area contributed by atoms with Gasteiger partial charge in [-0.05, 0) is 58.9 Å². The van der Waals surface area contributed by atoms with Crippen LogP contribution in [-0.2, 0) is 0 Å². The van der Waals surface area contributed by atoms with Crippen LogP contribution in [0, 0.1) is 0 Å². The summed E-state index contributed by atoms with van der Waals surface area (Å²) in [6.07, 6.45) is 16.5. The Morgan fingerprint density at radius 2 is 1.30 bits per heavy atom. The van der Waals surface area contributed by atoms with Crippen LogP contribution in [0.25, 0.3) is 6.08 Å². The summed E-state index contributed by atoms with van der Waals surface area (Å²) in [5, 5.41) is 0. The minimum atomic E-state index is 1.05. The van der Waals surface area contributed by atoms with Gasteiger partial charge < -0.3 is 0 Å². The lowest BCUT2D eigenvalue weighted by atomic mass is 10.1. The SMILES string of the molecule is CC(C)=CCC/C(C)=C/CC/C(C)=C/CN1CCN(C/C=C/c2ccccc2)CC1. The average Bonchev–Trinajstić information content (AvgIpc) is 2.74. The van der Waals surface area contributed by atoms with Crippen molar-refractivity contribution < 1.29 is 0 Å². The van der Waals surface area contributed by atoms with E-state index in [-0.39, 0.29) is 0 Å². The second-order valence-corrected chi connectivity index (χ2v) is 8.87. The van der Waals surface area contributed by atoms with Gasteiger partial charge in [0.25, 0.3) is 0 Å². The van der Waals surface area contributed by atoms with E-state index in [0.29, 0.717) is 0 Å². The number of piperazine rings is 1. The standard InChI is InChI=1S/C28H42N2/c1-25(2)11-8-12-26(3)13-9-14-27(4)18-20-30-23-21-29(22-24-30)19-10-17-28-15-6-5-7-16-28/h5-7,10-11,13,15-18H,8-9,12,14,19-24H2,1-4H3/b17-10+,26-13+,27-18+. The molecule has 0 radical (unpaired) electrons. The van der Waals surface area contributed by atoms with Crippen molar-refractivity contribution in [3.05, 3.63) is 76.9 Å². The Hall–Kier alpha value is -1.90. The highest BCUT2D eigenvalue weighted by Crippen LogP contribution is 2.12. The molecular weight excluding hydrogens is 364 g/mol. The van der Waals surface area contributed by atoms with Gasteiger partial charge in [-0.1, -0.05) is 77.4 Å². The first-order chi connectivity index (χ1) is 14.5. The molecule has 0 aromatic heterocycles. The van der Waals surface area contributed by atoms with Gasteiger partial charge in [-0.15, -0.1) is 0 Å². The Bertz CT molecular complexity index is 712. The van der Waals surface area contributed by atoms with Crippen LogP contribution in [0.1, 0.15) is 58.9 Å². The zero-order valence-electron chi connectivity index (χ0n) is 19.7. The number of rotatable bonds is 11. The molecule has 0 N–H and O–H groups in total. The Kier molecular flexibility index (Phi) is 11.5. The van der Waals surface area contributed by atoms with Gasteiger partial charge in [-0.2, -0.15) is 0 Å². The van der Waals surface area contributed by atoms with E-state index in [1.807, 2.05) is 0 Å². The molecule has 1 aliphatic rings. The highest BCUT2D eigenvalue weighted by atomic mass is 15.3. The van der Waals surface area contributed by atoms with E-state index >= 15 is 0 Å². The molecule has 0 atom stereocenters. The molecule has 0 aliphatic carbocycles. The van der Waals surface area contributed by atoms with E-state index < -0.39 is 0 Å². The van der Waals surface area contributed by atoms with Gasteiger partial charge >= 0.3 is 0 Å². The maximum absolute atomic E-state index is 2.58. The summed E-state index contributed by atoms with van der Waals surface area (Å²) in [6.45, 7) is 15.7. The van der Waals surface area contributed by atoms with Crippen LogP contribution < -0.4 is 0 Å². The van der Waals surface area contributed by atoms with Crippen molar-refractivity contribution in [1.29, 1.82) is 0 Å². The minimum Gasteiger partial charge on any atom is -0.297 e. The van der Waals surface area contributed by atoms with Gasteiger partial charge in [0, 0.05) is 39.3 Å². The van der Waals surface area contributed by atoms with Crippen LogP contribution in [0.15, 0.2) is 71.4 Å². The molecule has 1 aromatic rings. The lowest BCUT2D eigenvalue weighted by Crippen LogP contribution is -2.46. The van der Waals surface area contributed by atoms with Crippen molar-refractivity contribution in [2.24, 2.45) is 0 Å². The summed E-state index contributed by atoms with van der Waals surface area (Å²) in [5.41, 5.74) is 5.76. The summed E-state index contributed by atoms with van der Waals surface area (Å²) < 4.78 is 0. The first-order valence-corrected chi connectivity index (χ1v) is 11.6. The third kappa shape index (κ3) is 10.8. The van der Waals surface area contributed by atoms with Crippen molar-refractivity contribution in [3.63, 3.8) is 0 Å². The fourth-order valence-corrected chi connectivity index (χ4v) is 3.68. The van der Waals surface area contributed by atoms with Gasteiger partial charge in [-0.25, -0.2) is 0 Å². The number of allylic oxidation sites excluding steroid dienone is 5. The summed E-state index contributed by atoms with van der Waals surface area (Å²) in [4.78, 5) is 5.14. The molecular formula is C28H42N2. The van der Waals surface area contributed by atoms with E-state index in [0.717, 1.165) is 13.1 Å². The predicted molar refractivity (Wildman–Crippen MR) is 134 cm³/mol. The monoisotopic (exact) mass is 406 g/mol. The highest BCUT2D eigenvalue weighted by Gasteiger charge is 2.14. The van der Waals surface area contributed by atoms with E-state index in [4.69, 9.17) is 0 Å². The highest BCUT2D eigenvalue weighted by molar-refractivity contribution is 5.48. The van der Waals surface area contributed by atoms with Crippen molar-refractivity contribution in [1.82, 2.24) is 9.80 Å². The Labute approximate surface area is 185 Å². The number of hydrogen-bond donors (Lipinski definition) is 0. The Morgan fingerprint density at radius 1 is 0.733 bits per heavy atom. The Balaban J connectivity index is 1.60. The first kappa shape index (κ1) is 24.4.